The molecule has 1 fully saturated rings. The zero-order valence-electron chi connectivity index (χ0n) is 18.6. The zero-order valence-corrected chi connectivity index (χ0v) is 21.0. The van der Waals surface area contributed by atoms with Crippen LogP contribution in [0.25, 0.3) is 0 Å². The van der Waals surface area contributed by atoms with Gasteiger partial charge in [0.15, 0.2) is 5.17 Å². The summed E-state index contributed by atoms with van der Waals surface area (Å²) in [5.41, 5.74) is 3.10. The third kappa shape index (κ3) is 4.32. The maximum Gasteiger partial charge on any atom is 0.263 e. The highest BCUT2D eigenvalue weighted by atomic mass is 35.5. The van der Waals surface area contributed by atoms with Crippen LogP contribution in [0, 0.1) is 0 Å². The summed E-state index contributed by atoms with van der Waals surface area (Å²) in [5, 5.41) is 4.95. The summed E-state index contributed by atoms with van der Waals surface area (Å²) in [6, 6.07) is 15.3. The summed E-state index contributed by atoms with van der Waals surface area (Å²) in [4.78, 5) is 35.0. The highest BCUT2D eigenvalue weighted by Crippen LogP contribution is 2.53. The van der Waals surface area contributed by atoms with Crippen molar-refractivity contribution in [3.63, 3.8) is 0 Å². The van der Waals surface area contributed by atoms with Crippen LogP contribution in [0.15, 0.2) is 64.1 Å². The first kappa shape index (κ1) is 23.3. The summed E-state index contributed by atoms with van der Waals surface area (Å²) in [6.07, 6.45) is 1.63. The molecule has 2 aromatic rings. The molecular weight excluding hydrogens is 491 g/mol. The third-order valence-electron chi connectivity index (χ3n) is 6.21. The van der Waals surface area contributed by atoms with Gasteiger partial charge in [-0.15, -0.1) is 0 Å². The number of allylic oxidation sites excluding steroid dienone is 1. The lowest BCUT2D eigenvalue weighted by atomic mass is 9.93. The van der Waals surface area contributed by atoms with Crippen LogP contribution in [0.2, 0.25) is 10.0 Å². The molecule has 0 bridgehead atoms. The number of carbonyl (C=O) groups excluding carboxylic acids is 2. The fourth-order valence-corrected chi connectivity index (χ4v) is 6.09. The number of amides is 2. The first-order valence-corrected chi connectivity index (χ1v) is 12.9. The number of amidine groups is 1. The van der Waals surface area contributed by atoms with Crippen molar-refractivity contribution in [3.05, 3.63) is 80.3 Å². The van der Waals surface area contributed by atoms with Crippen LogP contribution in [0.4, 0.5) is 0 Å². The van der Waals surface area contributed by atoms with E-state index < -0.39 is 0 Å². The minimum absolute atomic E-state index is 0.0861. The minimum Gasteiger partial charge on any atom is -0.353 e. The van der Waals surface area contributed by atoms with Crippen LogP contribution < -0.4 is 5.32 Å². The standard InChI is InChI=1S/C25H24Cl2N4O2S/c1-2-3-19-23(24(33)30-13-12-28-20(32)14-30)34-25-29-21(15-4-8-17(26)9-5-15)22(31(19)25)16-6-10-18(27)11-7-16/h4-11,21-22H,2-3,12-14H2,1H3,(H,28,32). The molecule has 6 nitrogen and oxygen atoms in total. The smallest absolute Gasteiger partial charge is 0.263 e. The predicted octanol–water partition coefficient (Wildman–Crippen LogP) is 5.16. The van der Waals surface area contributed by atoms with Crippen molar-refractivity contribution < 1.29 is 9.59 Å². The van der Waals surface area contributed by atoms with Gasteiger partial charge in [0, 0.05) is 28.8 Å². The number of piperazine rings is 1. The number of fused-ring (bicyclic) bond motifs is 1. The molecule has 34 heavy (non-hydrogen) atoms. The van der Waals surface area contributed by atoms with E-state index in [2.05, 4.69) is 17.1 Å². The van der Waals surface area contributed by atoms with Crippen molar-refractivity contribution in [1.82, 2.24) is 15.1 Å². The number of halogens is 2. The van der Waals surface area contributed by atoms with E-state index in [0.29, 0.717) is 28.0 Å². The molecule has 9 heteroatoms. The van der Waals surface area contributed by atoms with E-state index in [-0.39, 0.29) is 30.4 Å². The lowest BCUT2D eigenvalue weighted by Gasteiger charge is -2.31. The number of aliphatic imine (C=N–C) groups is 1. The summed E-state index contributed by atoms with van der Waals surface area (Å²) >= 11 is 13.7. The monoisotopic (exact) mass is 514 g/mol. The van der Waals surface area contributed by atoms with Gasteiger partial charge in [-0.25, -0.2) is 0 Å². The Labute approximate surface area is 213 Å². The third-order valence-corrected chi connectivity index (χ3v) is 7.81. The highest BCUT2D eigenvalue weighted by molar-refractivity contribution is 8.18. The second kappa shape index (κ2) is 9.64. The van der Waals surface area contributed by atoms with E-state index in [4.69, 9.17) is 28.2 Å². The number of hydrogen-bond acceptors (Lipinski definition) is 5. The molecule has 0 aromatic heterocycles. The van der Waals surface area contributed by atoms with Crippen LogP contribution in [-0.2, 0) is 9.59 Å². The van der Waals surface area contributed by atoms with Crippen molar-refractivity contribution in [3.8, 4) is 0 Å². The summed E-state index contributed by atoms with van der Waals surface area (Å²) in [5.74, 6) is -0.224. The second-order valence-electron chi connectivity index (χ2n) is 8.48. The van der Waals surface area contributed by atoms with Gasteiger partial charge in [0.1, 0.15) is 6.04 Å². The first-order valence-electron chi connectivity index (χ1n) is 11.3. The van der Waals surface area contributed by atoms with Gasteiger partial charge in [0.25, 0.3) is 5.91 Å². The van der Waals surface area contributed by atoms with Gasteiger partial charge in [0.05, 0.1) is 17.5 Å². The van der Waals surface area contributed by atoms with Gasteiger partial charge in [-0.1, -0.05) is 60.8 Å². The number of nitrogens with one attached hydrogen (secondary N) is 1. The predicted molar refractivity (Wildman–Crippen MR) is 137 cm³/mol. The lowest BCUT2D eigenvalue weighted by Crippen LogP contribution is -2.50. The molecule has 2 atom stereocenters. The zero-order chi connectivity index (χ0) is 23.8. The highest BCUT2D eigenvalue weighted by Gasteiger charge is 2.46. The maximum absolute atomic E-state index is 13.5. The van der Waals surface area contributed by atoms with Gasteiger partial charge in [-0.3, -0.25) is 14.6 Å². The van der Waals surface area contributed by atoms with E-state index >= 15 is 0 Å². The average Bonchev–Trinajstić information content (AvgIpc) is 3.37. The van der Waals surface area contributed by atoms with E-state index in [9.17, 15) is 9.59 Å². The molecule has 0 radical (unpaired) electrons. The molecule has 2 unspecified atom stereocenters. The van der Waals surface area contributed by atoms with Crippen molar-refractivity contribution in [1.29, 1.82) is 0 Å². The molecule has 0 saturated carbocycles. The SMILES string of the molecule is CCCC1=C(C(=O)N2CCNC(=O)C2)SC2=NC(c3ccc(Cl)cc3)C(c3ccc(Cl)cc3)N21. The minimum atomic E-state index is -0.148. The fourth-order valence-electron chi connectivity index (χ4n) is 4.63. The Bertz CT molecular complexity index is 1180. The van der Waals surface area contributed by atoms with Gasteiger partial charge < -0.3 is 15.1 Å². The number of thioether (sulfide) groups is 1. The van der Waals surface area contributed by atoms with Crippen molar-refractivity contribution in [2.45, 2.75) is 31.8 Å². The van der Waals surface area contributed by atoms with Crippen LogP contribution in [0.5, 0.6) is 0 Å². The molecule has 0 spiro atoms. The Morgan fingerprint density at radius 3 is 2.35 bits per heavy atom. The molecule has 176 valence electrons. The number of benzene rings is 2. The molecule has 1 N–H and O–H groups in total. The number of carbonyl (C=O) groups is 2. The lowest BCUT2D eigenvalue weighted by molar-refractivity contribution is -0.135. The summed E-state index contributed by atoms with van der Waals surface area (Å²) in [7, 11) is 0. The van der Waals surface area contributed by atoms with Crippen molar-refractivity contribution in [2.75, 3.05) is 19.6 Å². The topological polar surface area (TPSA) is 65.0 Å². The molecule has 3 aliphatic rings. The van der Waals surface area contributed by atoms with Crippen molar-refractivity contribution >= 4 is 51.9 Å². The Balaban J connectivity index is 1.56. The molecule has 2 aromatic carbocycles. The van der Waals surface area contributed by atoms with Gasteiger partial charge >= 0.3 is 0 Å². The Hall–Kier alpha value is -2.48. The Morgan fingerprint density at radius 1 is 1.09 bits per heavy atom. The molecule has 5 rings (SSSR count). The number of hydrogen-bond donors (Lipinski definition) is 1. The van der Waals surface area contributed by atoms with E-state index in [1.54, 1.807) is 4.90 Å². The Morgan fingerprint density at radius 2 is 1.74 bits per heavy atom. The van der Waals surface area contributed by atoms with E-state index in [1.165, 1.54) is 11.8 Å². The number of nitrogens with zero attached hydrogens (tertiary/aromatic N) is 3. The van der Waals surface area contributed by atoms with Crippen molar-refractivity contribution in [2.24, 2.45) is 4.99 Å². The quantitative estimate of drug-likeness (QED) is 0.597. The maximum atomic E-state index is 13.5. The largest absolute Gasteiger partial charge is 0.353 e. The van der Waals surface area contributed by atoms with E-state index in [1.807, 2.05) is 48.5 Å². The molecule has 1 saturated heterocycles. The van der Waals surface area contributed by atoms with Gasteiger partial charge in [-0.05, 0) is 53.6 Å². The molecule has 2 amide bonds. The van der Waals surface area contributed by atoms with Gasteiger partial charge in [-0.2, -0.15) is 0 Å². The Kier molecular flexibility index (Phi) is 6.60. The van der Waals surface area contributed by atoms with Crippen LogP contribution in [0.3, 0.4) is 0 Å². The first-order chi connectivity index (χ1) is 16.5. The summed E-state index contributed by atoms with van der Waals surface area (Å²) in [6.45, 7) is 3.17. The average molecular weight is 515 g/mol. The van der Waals surface area contributed by atoms with Crippen LogP contribution in [0.1, 0.15) is 43.0 Å². The molecule has 0 aliphatic carbocycles. The second-order valence-corrected chi connectivity index (χ2v) is 10.3. The van der Waals surface area contributed by atoms with E-state index in [0.717, 1.165) is 34.8 Å². The molecule has 3 aliphatic heterocycles. The van der Waals surface area contributed by atoms with Gasteiger partial charge in [0.2, 0.25) is 5.91 Å². The van der Waals surface area contributed by atoms with Crippen LogP contribution >= 0.6 is 35.0 Å². The normalized spacial score (nSPS) is 22.1. The molecule has 3 heterocycles. The fraction of sp³-hybridized carbons (Fsp3) is 0.320. The number of rotatable bonds is 5. The molecular formula is C25H24Cl2N4O2S. The van der Waals surface area contributed by atoms with Crippen LogP contribution in [-0.4, -0.2) is 46.4 Å². The summed E-state index contributed by atoms with van der Waals surface area (Å²) < 4.78 is 0.